The first-order chi connectivity index (χ1) is 33.7. The van der Waals surface area contributed by atoms with Crippen molar-refractivity contribution in [3.05, 3.63) is 82.3 Å². The first-order valence-corrected chi connectivity index (χ1v) is 24.8. The quantitative estimate of drug-likeness (QED) is 0.0791. The maximum Gasteiger partial charge on any atom is 0.407 e. The number of ether oxygens (including phenoxy) is 4. The number of rotatable bonds is 12. The molecule has 6 atom stereocenters. The van der Waals surface area contributed by atoms with E-state index in [1.54, 1.807) is 32.4 Å². The van der Waals surface area contributed by atoms with Crippen LogP contribution in [-0.4, -0.2) is 121 Å². The number of thiazole rings is 1. The van der Waals surface area contributed by atoms with Gasteiger partial charge in [-0.25, -0.2) is 28.9 Å². The molecular weight excluding hydrogens is 920 g/mol. The number of carbonyl (C=O) groups excluding carboxylic acids is 3. The maximum atomic E-state index is 16.9. The van der Waals surface area contributed by atoms with Crippen molar-refractivity contribution in [1.29, 1.82) is 0 Å². The molecule has 0 saturated carbocycles. The van der Waals surface area contributed by atoms with Gasteiger partial charge in [0.25, 0.3) is 0 Å². The van der Waals surface area contributed by atoms with E-state index in [4.69, 9.17) is 28.9 Å². The predicted molar refractivity (Wildman–Crippen MR) is 258 cm³/mol. The van der Waals surface area contributed by atoms with Gasteiger partial charge in [-0.1, -0.05) is 6.07 Å². The number of carbonyl (C=O) groups is 3. The second-order valence-electron chi connectivity index (χ2n) is 19.4. The Labute approximate surface area is 408 Å². The summed E-state index contributed by atoms with van der Waals surface area (Å²) in [6.07, 6.45) is 7.82. The van der Waals surface area contributed by atoms with Crippen molar-refractivity contribution in [2.45, 2.75) is 108 Å². The summed E-state index contributed by atoms with van der Waals surface area (Å²) in [6.45, 7) is 9.79. The third-order valence-electron chi connectivity index (χ3n) is 14.0. The molecule has 3 fully saturated rings. The van der Waals surface area contributed by atoms with Gasteiger partial charge in [0.1, 0.15) is 39.9 Å². The second-order valence-corrected chi connectivity index (χ2v) is 20.4. The number of fused-ring (bicyclic) bond motifs is 5. The molecule has 70 heavy (non-hydrogen) atoms. The zero-order valence-electron chi connectivity index (χ0n) is 40.1. The fourth-order valence-electron chi connectivity index (χ4n) is 10.8. The average Bonchev–Trinajstić information content (AvgIpc) is 4.19. The summed E-state index contributed by atoms with van der Waals surface area (Å²) in [6, 6.07) is 10.2. The summed E-state index contributed by atoms with van der Waals surface area (Å²) in [7, 11) is 2.64. The first kappa shape index (κ1) is 47.3. The van der Waals surface area contributed by atoms with Gasteiger partial charge in [-0.15, -0.1) is 11.3 Å². The molecule has 3 saturated heterocycles. The minimum Gasteiger partial charge on any atom is -0.464 e. The molecule has 0 aliphatic carbocycles. The van der Waals surface area contributed by atoms with Crippen LogP contribution >= 0.6 is 11.3 Å². The van der Waals surface area contributed by atoms with Gasteiger partial charge in [0.2, 0.25) is 12.1 Å². The van der Waals surface area contributed by atoms with Gasteiger partial charge >= 0.3 is 12.2 Å². The summed E-state index contributed by atoms with van der Waals surface area (Å²) in [5, 5.41) is 17.9. The van der Waals surface area contributed by atoms with Crippen LogP contribution in [-0.2, 0) is 24.6 Å². The van der Waals surface area contributed by atoms with Crippen LogP contribution in [0.2, 0.25) is 0 Å². The van der Waals surface area contributed by atoms with Crippen LogP contribution in [0.5, 0.6) is 5.75 Å². The SMILES string of the molecule is COC(=O)NCCN1CCCC1c1ncc(-c2cc(F)c3c(c2)OC(c2cnc(C(C)(C)O)s2)n2c-3cc3cc(-c4cnc(C5CCCN5C(=O)C(NC(=O)OC)C5CC(C)OC(C)C5)[nH]4)ccc32)[nH]1. The highest BCUT2D eigenvalue weighted by molar-refractivity contribution is 7.11. The summed E-state index contributed by atoms with van der Waals surface area (Å²) < 4.78 is 41.3. The number of aliphatic hydroxyl groups is 1. The number of nitrogens with one attached hydrogen (secondary N) is 4. The number of amides is 3. The van der Waals surface area contributed by atoms with E-state index in [9.17, 15) is 19.5 Å². The number of alkyl carbamates (subject to hydrolysis) is 2. The minimum absolute atomic E-state index is 0.00754. The Hall–Kier alpha value is -6.35. The maximum absolute atomic E-state index is 16.9. The fourth-order valence-corrected chi connectivity index (χ4v) is 11.8. The van der Waals surface area contributed by atoms with E-state index < -0.39 is 35.9 Å². The summed E-state index contributed by atoms with van der Waals surface area (Å²) in [4.78, 5) is 64.5. The molecule has 0 radical (unpaired) electrons. The number of hydrogen-bond acceptors (Lipinski definition) is 13. The van der Waals surface area contributed by atoms with Gasteiger partial charge < -0.3 is 49.6 Å². The molecule has 20 heteroatoms. The van der Waals surface area contributed by atoms with Crippen molar-refractivity contribution in [2.24, 2.45) is 5.92 Å². The number of aromatic amines is 2. The van der Waals surface area contributed by atoms with Gasteiger partial charge in [-0.2, -0.15) is 0 Å². The van der Waals surface area contributed by atoms with Gasteiger partial charge in [0.05, 0.1) is 83.9 Å². The Morgan fingerprint density at radius 3 is 2.33 bits per heavy atom. The van der Waals surface area contributed by atoms with Crippen molar-refractivity contribution >= 4 is 40.3 Å². The molecule has 6 aromatic rings. The summed E-state index contributed by atoms with van der Waals surface area (Å²) in [5.74, 6) is 0.992. The van der Waals surface area contributed by atoms with Crippen LogP contribution < -0.4 is 15.4 Å². The summed E-state index contributed by atoms with van der Waals surface area (Å²) in [5.41, 5.74) is 3.32. The number of hydrogen-bond donors (Lipinski definition) is 5. The van der Waals surface area contributed by atoms with E-state index in [1.807, 2.05) is 53.6 Å². The van der Waals surface area contributed by atoms with Crippen LogP contribution in [0.1, 0.15) is 106 Å². The number of methoxy groups -OCH3 is 2. The Bertz CT molecular complexity index is 2910. The average molecular weight is 979 g/mol. The Morgan fingerprint density at radius 1 is 0.914 bits per heavy atom. The van der Waals surface area contributed by atoms with E-state index in [1.165, 1.54) is 31.6 Å². The molecule has 4 aliphatic heterocycles. The standard InChI is InChI=1S/C50H59FN10O8S/c1-26-17-31(18-27(2)68-26)42(58-49(64)67-6)45(62)60-15-8-10-37(60)44-54-23-33(56-44)28-11-12-35-30(19-28)21-38-41-32(51)20-29(22-39(41)69-46(61(35)38)40-25-55-47(70-40)50(3,4)65)34-24-53-43(57-34)36-9-7-14-59(36)16-13-52-48(63)66-5/h11-12,19-27,31,36-37,42,46,65H,7-10,13-18H2,1-6H3,(H,52,63)(H,53,57)(H,54,56)(H,58,64). The lowest BCUT2D eigenvalue weighted by Crippen LogP contribution is -2.54. The van der Waals surface area contributed by atoms with Gasteiger partial charge in [0.15, 0.2) is 0 Å². The zero-order valence-corrected chi connectivity index (χ0v) is 40.9. The third-order valence-corrected chi connectivity index (χ3v) is 15.4. The molecule has 8 heterocycles. The number of imidazole rings is 2. The van der Waals surface area contributed by atoms with Crippen LogP contribution in [0.15, 0.2) is 55.0 Å². The highest BCUT2D eigenvalue weighted by Gasteiger charge is 2.42. The van der Waals surface area contributed by atoms with Gasteiger partial charge in [-0.05, 0) is 109 Å². The van der Waals surface area contributed by atoms with E-state index in [-0.39, 0.29) is 36.1 Å². The molecule has 4 aliphatic rings. The zero-order chi connectivity index (χ0) is 49.0. The largest absolute Gasteiger partial charge is 0.464 e. The highest BCUT2D eigenvalue weighted by Crippen LogP contribution is 2.49. The number of likely N-dealkylation sites (tertiary alicyclic amines) is 2. The van der Waals surface area contributed by atoms with Crippen molar-refractivity contribution in [2.75, 3.05) is 40.4 Å². The molecule has 5 N–H and O–H groups in total. The monoisotopic (exact) mass is 978 g/mol. The van der Waals surface area contributed by atoms with Crippen LogP contribution in [0.4, 0.5) is 14.0 Å². The van der Waals surface area contributed by atoms with Crippen LogP contribution in [0, 0.1) is 11.7 Å². The van der Waals surface area contributed by atoms with Gasteiger partial charge in [-0.3, -0.25) is 14.3 Å². The van der Waals surface area contributed by atoms with Crippen molar-refractivity contribution in [3.8, 4) is 39.5 Å². The van der Waals surface area contributed by atoms with Crippen LogP contribution in [0.25, 0.3) is 44.7 Å². The molecule has 2 aromatic carbocycles. The van der Waals surface area contributed by atoms with E-state index in [2.05, 4.69) is 30.5 Å². The van der Waals surface area contributed by atoms with E-state index in [0.717, 1.165) is 58.7 Å². The molecule has 0 spiro atoms. The Kier molecular flexibility index (Phi) is 12.9. The lowest BCUT2D eigenvalue weighted by atomic mass is 9.85. The lowest BCUT2D eigenvalue weighted by Gasteiger charge is -2.38. The number of aromatic nitrogens is 6. The minimum atomic E-state index is -1.19. The lowest BCUT2D eigenvalue weighted by molar-refractivity contribution is -0.138. The summed E-state index contributed by atoms with van der Waals surface area (Å²) >= 11 is 1.33. The molecule has 4 aromatic heterocycles. The highest BCUT2D eigenvalue weighted by atomic mass is 32.1. The first-order valence-electron chi connectivity index (χ1n) is 24.0. The molecule has 18 nitrogen and oxygen atoms in total. The molecule has 0 bridgehead atoms. The molecular formula is C50H59FN10O8S. The van der Waals surface area contributed by atoms with Crippen molar-refractivity contribution < 1.29 is 42.8 Å². The fraction of sp³-hybridized carbons (Fsp3) is 0.480. The van der Waals surface area contributed by atoms with E-state index >= 15 is 4.39 Å². The molecule has 6 unspecified atom stereocenters. The number of benzene rings is 2. The van der Waals surface area contributed by atoms with Gasteiger partial charge in [0, 0.05) is 42.3 Å². The van der Waals surface area contributed by atoms with E-state index in [0.29, 0.717) is 78.0 Å². The number of halogens is 1. The predicted octanol–water partition coefficient (Wildman–Crippen LogP) is 7.94. The normalized spacial score (nSPS) is 22.9. The second kappa shape index (κ2) is 19.1. The topological polar surface area (TPSA) is 214 Å². The van der Waals surface area contributed by atoms with Crippen molar-refractivity contribution in [1.82, 2.24) is 49.9 Å². The molecule has 3 amide bonds. The smallest absolute Gasteiger partial charge is 0.407 e. The molecule has 10 rings (SSSR count). The number of nitrogens with zero attached hydrogens (tertiary/aromatic N) is 6. The number of H-pyrrole nitrogens is 2. The van der Waals surface area contributed by atoms with Crippen molar-refractivity contribution in [3.63, 3.8) is 0 Å². The van der Waals surface area contributed by atoms with Crippen LogP contribution in [0.3, 0.4) is 0 Å². The Morgan fingerprint density at radius 2 is 1.61 bits per heavy atom. The third kappa shape index (κ3) is 9.12. The Balaban J connectivity index is 0.955. The molecule has 370 valence electrons.